The average Bonchev–Trinajstić information content (AvgIpc) is 2.91. The van der Waals surface area contributed by atoms with Crippen LogP contribution in [0.1, 0.15) is 43.8 Å². The standard InChI is InChI=1S/C28H31Cl2FN2O3S/c1-36-20-5-8-25-22(17-20)26(23(30)18-32-25)24(31)9-10-28(27(34)35)11-14-33(15-12-28)13-2-16-37-21-6-3-19(29)4-7-21/h3-8,17-18,24H,2,9-16H2,1H3,(H,34,35). The van der Waals surface area contributed by atoms with E-state index >= 15 is 4.39 Å². The summed E-state index contributed by atoms with van der Waals surface area (Å²) in [7, 11) is 1.55. The number of fused-ring (bicyclic) bond motifs is 1. The van der Waals surface area contributed by atoms with Crippen molar-refractivity contribution in [3.63, 3.8) is 0 Å². The summed E-state index contributed by atoms with van der Waals surface area (Å²) >= 11 is 14.1. The van der Waals surface area contributed by atoms with Gasteiger partial charge in [-0.15, -0.1) is 11.8 Å². The summed E-state index contributed by atoms with van der Waals surface area (Å²) in [6, 6.07) is 13.1. The highest BCUT2D eigenvalue weighted by atomic mass is 35.5. The molecule has 0 aliphatic carbocycles. The molecule has 2 heterocycles. The predicted octanol–water partition coefficient (Wildman–Crippen LogP) is 7.69. The number of methoxy groups -OCH3 is 1. The van der Waals surface area contributed by atoms with E-state index in [2.05, 4.69) is 9.88 Å². The van der Waals surface area contributed by atoms with Gasteiger partial charge in [-0.3, -0.25) is 9.78 Å². The van der Waals surface area contributed by atoms with Crippen molar-refractivity contribution in [3.8, 4) is 5.75 Å². The zero-order valence-electron chi connectivity index (χ0n) is 20.8. The van der Waals surface area contributed by atoms with Crippen molar-refractivity contribution in [2.75, 3.05) is 32.5 Å². The van der Waals surface area contributed by atoms with Crippen LogP contribution in [0.4, 0.5) is 4.39 Å². The van der Waals surface area contributed by atoms with E-state index in [9.17, 15) is 9.90 Å². The van der Waals surface area contributed by atoms with Gasteiger partial charge in [-0.1, -0.05) is 23.2 Å². The number of likely N-dealkylation sites (tertiary alicyclic amines) is 1. The molecule has 1 aromatic heterocycles. The van der Waals surface area contributed by atoms with Gasteiger partial charge in [-0.05, 0) is 100.0 Å². The lowest BCUT2D eigenvalue weighted by Crippen LogP contribution is -2.44. The fourth-order valence-electron chi connectivity index (χ4n) is 4.95. The molecule has 0 amide bonds. The highest BCUT2D eigenvalue weighted by molar-refractivity contribution is 7.99. The molecule has 0 bridgehead atoms. The van der Waals surface area contributed by atoms with Gasteiger partial charge >= 0.3 is 5.97 Å². The maximum absolute atomic E-state index is 15.6. The smallest absolute Gasteiger partial charge is 0.309 e. The zero-order chi connectivity index (χ0) is 26.4. The molecule has 1 unspecified atom stereocenters. The van der Waals surface area contributed by atoms with Gasteiger partial charge in [0.05, 0.1) is 23.1 Å². The number of carboxylic acid groups (broad SMARTS) is 1. The Morgan fingerprint density at radius 1 is 1.22 bits per heavy atom. The number of aromatic nitrogens is 1. The Labute approximate surface area is 231 Å². The molecule has 198 valence electrons. The Balaban J connectivity index is 1.32. The highest BCUT2D eigenvalue weighted by Gasteiger charge is 2.41. The number of benzene rings is 2. The molecular formula is C28H31Cl2FN2O3S. The molecule has 4 rings (SSSR count). The van der Waals surface area contributed by atoms with Gasteiger partial charge in [0, 0.05) is 27.1 Å². The summed E-state index contributed by atoms with van der Waals surface area (Å²) in [5, 5.41) is 11.7. The van der Waals surface area contributed by atoms with Gasteiger partial charge in [0.15, 0.2) is 0 Å². The largest absolute Gasteiger partial charge is 0.497 e. The van der Waals surface area contributed by atoms with Crippen LogP contribution < -0.4 is 4.74 Å². The number of aliphatic carboxylic acids is 1. The minimum atomic E-state index is -1.40. The van der Waals surface area contributed by atoms with Crippen molar-refractivity contribution in [2.24, 2.45) is 5.41 Å². The minimum absolute atomic E-state index is 0.0834. The van der Waals surface area contributed by atoms with E-state index in [4.69, 9.17) is 27.9 Å². The third-order valence-electron chi connectivity index (χ3n) is 7.23. The maximum atomic E-state index is 15.6. The molecule has 0 spiro atoms. The number of thioether (sulfide) groups is 1. The number of hydrogen-bond acceptors (Lipinski definition) is 5. The fourth-order valence-corrected chi connectivity index (χ4v) is 6.18. The van der Waals surface area contributed by atoms with Crippen LogP contribution in [0.5, 0.6) is 5.75 Å². The fraction of sp³-hybridized carbons (Fsp3) is 0.429. The van der Waals surface area contributed by atoms with Crippen LogP contribution in [0.25, 0.3) is 10.9 Å². The molecule has 3 aromatic rings. The quantitative estimate of drug-likeness (QED) is 0.190. The number of hydrogen-bond donors (Lipinski definition) is 1. The van der Waals surface area contributed by atoms with Crippen molar-refractivity contribution < 1.29 is 19.0 Å². The summed E-state index contributed by atoms with van der Waals surface area (Å²) < 4.78 is 20.9. The first-order valence-corrected chi connectivity index (χ1v) is 14.2. The number of alkyl halides is 1. The van der Waals surface area contributed by atoms with E-state index in [-0.39, 0.29) is 17.9 Å². The van der Waals surface area contributed by atoms with Gasteiger partial charge in [0.1, 0.15) is 11.9 Å². The van der Waals surface area contributed by atoms with Crippen LogP contribution in [0.15, 0.2) is 53.6 Å². The molecule has 1 aliphatic rings. The molecule has 1 N–H and O–H groups in total. The molecule has 1 atom stereocenters. The van der Waals surface area contributed by atoms with Crippen LogP contribution in [0.2, 0.25) is 10.0 Å². The number of halogens is 3. The average molecular weight is 566 g/mol. The summed E-state index contributed by atoms with van der Waals surface area (Å²) in [5.74, 6) is 0.730. The Morgan fingerprint density at radius 3 is 2.62 bits per heavy atom. The number of piperidine rings is 1. The molecule has 37 heavy (non-hydrogen) atoms. The molecule has 1 saturated heterocycles. The third-order valence-corrected chi connectivity index (χ3v) is 8.88. The van der Waals surface area contributed by atoms with Crippen LogP contribution in [-0.2, 0) is 4.79 Å². The number of carboxylic acids is 1. The highest BCUT2D eigenvalue weighted by Crippen LogP contribution is 2.42. The Bertz CT molecular complexity index is 1220. The normalized spacial score (nSPS) is 16.5. The molecule has 0 saturated carbocycles. The molecule has 0 radical (unpaired) electrons. The summed E-state index contributed by atoms with van der Waals surface area (Å²) in [6.45, 7) is 2.32. The van der Waals surface area contributed by atoms with Crippen LogP contribution in [-0.4, -0.2) is 53.5 Å². The Morgan fingerprint density at radius 2 is 1.95 bits per heavy atom. The number of rotatable bonds is 11. The SMILES string of the molecule is COc1ccc2ncc(Cl)c(C(F)CCC3(C(=O)O)CCN(CCCSc4ccc(Cl)cc4)CC3)c2c1. The lowest BCUT2D eigenvalue weighted by atomic mass is 9.74. The Hall–Kier alpha value is -2.06. The van der Waals surface area contributed by atoms with E-state index in [1.165, 1.54) is 11.1 Å². The maximum Gasteiger partial charge on any atom is 0.309 e. The van der Waals surface area contributed by atoms with Gasteiger partial charge in [0.25, 0.3) is 0 Å². The minimum Gasteiger partial charge on any atom is -0.497 e. The molecule has 1 fully saturated rings. The van der Waals surface area contributed by atoms with Crippen molar-refractivity contribution in [1.29, 1.82) is 0 Å². The summed E-state index contributed by atoms with van der Waals surface area (Å²) in [6.07, 6.45) is 2.43. The van der Waals surface area contributed by atoms with Gasteiger partial charge in [0.2, 0.25) is 0 Å². The topological polar surface area (TPSA) is 62.7 Å². The van der Waals surface area contributed by atoms with Crippen molar-refractivity contribution in [1.82, 2.24) is 9.88 Å². The van der Waals surface area contributed by atoms with Crippen molar-refractivity contribution in [3.05, 3.63) is 64.3 Å². The molecule has 9 heteroatoms. The van der Waals surface area contributed by atoms with E-state index in [0.717, 1.165) is 23.7 Å². The second-order valence-corrected chi connectivity index (χ2v) is 11.5. The molecule has 1 aliphatic heterocycles. The first-order chi connectivity index (χ1) is 17.8. The number of ether oxygens (including phenoxy) is 1. The molecule has 5 nitrogen and oxygen atoms in total. The lowest BCUT2D eigenvalue weighted by Gasteiger charge is -2.39. The third kappa shape index (κ3) is 6.88. The van der Waals surface area contributed by atoms with Gasteiger partial charge < -0.3 is 14.7 Å². The second kappa shape index (κ2) is 12.7. The van der Waals surface area contributed by atoms with Crippen LogP contribution in [0, 0.1) is 5.41 Å². The van der Waals surface area contributed by atoms with E-state index < -0.39 is 17.6 Å². The monoisotopic (exact) mass is 564 g/mol. The van der Waals surface area contributed by atoms with Crippen molar-refractivity contribution in [2.45, 2.75) is 43.2 Å². The predicted molar refractivity (Wildman–Crippen MR) is 149 cm³/mol. The molecule has 2 aromatic carbocycles. The Kier molecular flexibility index (Phi) is 9.57. The summed E-state index contributed by atoms with van der Waals surface area (Å²) in [5.41, 5.74) is 0.0476. The second-order valence-electron chi connectivity index (χ2n) is 9.49. The van der Waals surface area contributed by atoms with Crippen molar-refractivity contribution >= 4 is 51.8 Å². The van der Waals surface area contributed by atoms with Crippen LogP contribution >= 0.6 is 35.0 Å². The zero-order valence-corrected chi connectivity index (χ0v) is 23.1. The molecular weight excluding hydrogens is 534 g/mol. The van der Waals surface area contributed by atoms with E-state index in [1.807, 2.05) is 24.3 Å². The lowest BCUT2D eigenvalue weighted by molar-refractivity contribution is -0.153. The van der Waals surface area contributed by atoms with Gasteiger partial charge in [-0.2, -0.15) is 0 Å². The van der Waals surface area contributed by atoms with Crippen LogP contribution in [0.3, 0.4) is 0 Å². The van der Waals surface area contributed by atoms with E-state index in [0.29, 0.717) is 48.1 Å². The number of pyridine rings is 1. The first kappa shape index (κ1) is 28.0. The van der Waals surface area contributed by atoms with E-state index in [1.54, 1.807) is 37.1 Å². The van der Waals surface area contributed by atoms with Gasteiger partial charge in [-0.25, -0.2) is 4.39 Å². The number of carbonyl (C=O) groups is 1. The summed E-state index contributed by atoms with van der Waals surface area (Å²) in [4.78, 5) is 20.1. The first-order valence-electron chi connectivity index (χ1n) is 12.4. The number of nitrogens with zero attached hydrogens (tertiary/aromatic N) is 2.